The van der Waals surface area contributed by atoms with Crippen molar-refractivity contribution in [2.75, 3.05) is 6.61 Å². The normalized spacial score (nSPS) is 16.7. The van der Waals surface area contributed by atoms with Crippen molar-refractivity contribution in [1.29, 1.82) is 0 Å². The fraction of sp³-hybridized carbons (Fsp3) is 0.154. The Balaban J connectivity index is 1.76. The summed E-state index contributed by atoms with van der Waals surface area (Å²) in [4.78, 5) is 54.0. The van der Waals surface area contributed by atoms with E-state index < -0.39 is 34.4 Å². The molecule has 0 saturated carbocycles. The van der Waals surface area contributed by atoms with Gasteiger partial charge in [-0.25, -0.2) is 4.79 Å². The molecule has 0 bridgehead atoms. The van der Waals surface area contributed by atoms with E-state index in [1.54, 1.807) is 43.3 Å². The summed E-state index contributed by atoms with van der Waals surface area (Å²) in [5.74, 6) is -2.74. The SMILES string of the molecule is CCOC(=O)c1ccc(CN2C(=O)C(=O)/C(=C(\O)c3cccc([N+](=O)[O-])c3)C2c2ccncc2)cc1. The molecule has 1 atom stereocenters. The van der Waals surface area contributed by atoms with Crippen molar-refractivity contribution in [1.82, 2.24) is 9.88 Å². The molecule has 2 heterocycles. The number of benzene rings is 2. The van der Waals surface area contributed by atoms with E-state index in [4.69, 9.17) is 4.74 Å². The number of aliphatic hydroxyl groups excluding tert-OH is 1. The lowest BCUT2D eigenvalue weighted by molar-refractivity contribution is -0.384. The van der Waals surface area contributed by atoms with Crippen molar-refractivity contribution in [3.63, 3.8) is 0 Å². The van der Waals surface area contributed by atoms with E-state index in [0.29, 0.717) is 16.7 Å². The molecule has 1 aliphatic rings. The van der Waals surface area contributed by atoms with Gasteiger partial charge in [0.05, 0.1) is 28.7 Å². The zero-order valence-electron chi connectivity index (χ0n) is 19.2. The summed E-state index contributed by atoms with van der Waals surface area (Å²) in [5, 5.41) is 22.3. The van der Waals surface area contributed by atoms with Crippen LogP contribution in [0.15, 0.2) is 78.6 Å². The van der Waals surface area contributed by atoms with E-state index in [-0.39, 0.29) is 30.0 Å². The summed E-state index contributed by atoms with van der Waals surface area (Å²) in [5.41, 5.74) is 1.10. The molecule has 0 spiro atoms. The largest absolute Gasteiger partial charge is 0.507 e. The van der Waals surface area contributed by atoms with Crippen LogP contribution < -0.4 is 0 Å². The van der Waals surface area contributed by atoms with Gasteiger partial charge in [0.25, 0.3) is 17.4 Å². The molecule has 10 heteroatoms. The number of likely N-dealkylation sites (tertiary alicyclic amines) is 1. The highest BCUT2D eigenvalue weighted by Gasteiger charge is 2.46. The second-order valence-corrected chi connectivity index (χ2v) is 7.93. The Morgan fingerprint density at radius 3 is 2.42 bits per heavy atom. The monoisotopic (exact) mass is 487 g/mol. The number of Topliss-reactive ketones (excluding diaryl/α,β-unsaturated/α-hetero) is 1. The number of aromatic nitrogens is 1. The van der Waals surface area contributed by atoms with Crippen molar-refractivity contribution >= 4 is 29.1 Å². The quantitative estimate of drug-likeness (QED) is 0.133. The number of carbonyl (C=O) groups is 3. The molecule has 10 nitrogen and oxygen atoms in total. The molecule has 1 amide bonds. The van der Waals surface area contributed by atoms with E-state index in [1.165, 1.54) is 35.5 Å². The topological polar surface area (TPSA) is 140 Å². The van der Waals surface area contributed by atoms with E-state index >= 15 is 0 Å². The Hall–Kier alpha value is -4.86. The third-order valence-electron chi connectivity index (χ3n) is 5.71. The van der Waals surface area contributed by atoms with Crippen LogP contribution in [0.5, 0.6) is 0 Å². The van der Waals surface area contributed by atoms with Crippen LogP contribution in [0.2, 0.25) is 0 Å². The zero-order valence-corrected chi connectivity index (χ0v) is 19.2. The number of aliphatic hydroxyl groups is 1. The van der Waals surface area contributed by atoms with Crippen LogP contribution in [0.3, 0.4) is 0 Å². The number of esters is 1. The number of rotatable bonds is 7. The first-order chi connectivity index (χ1) is 17.3. The minimum Gasteiger partial charge on any atom is -0.507 e. The molecular formula is C26H21N3O7. The van der Waals surface area contributed by atoms with Gasteiger partial charge in [-0.3, -0.25) is 24.7 Å². The van der Waals surface area contributed by atoms with E-state index in [0.717, 1.165) is 6.07 Å². The van der Waals surface area contributed by atoms with Crippen LogP contribution in [0.1, 0.15) is 40.0 Å². The average molecular weight is 487 g/mol. The summed E-state index contributed by atoms with van der Waals surface area (Å²) >= 11 is 0. The Labute approximate surface area is 205 Å². The third-order valence-corrected chi connectivity index (χ3v) is 5.71. The number of hydrogen-bond donors (Lipinski definition) is 1. The highest BCUT2D eigenvalue weighted by Crippen LogP contribution is 2.40. The molecule has 4 rings (SSSR count). The number of nitrogens with zero attached hydrogens (tertiary/aromatic N) is 3. The fourth-order valence-corrected chi connectivity index (χ4v) is 4.02. The number of nitro groups is 1. The first-order valence-corrected chi connectivity index (χ1v) is 11.0. The number of nitro benzene ring substituents is 1. The number of ketones is 1. The van der Waals surface area contributed by atoms with Crippen molar-refractivity contribution in [2.45, 2.75) is 19.5 Å². The predicted octanol–water partition coefficient (Wildman–Crippen LogP) is 3.79. The van der Waals surface area contributed by atoms with E-state index in [9.17, 15) is 29.6 Å². The predicted molar refractivity (Wildman–Crippen MR) is 128 cm³/mol. The van der Waals surface area contributed by atoms with Crippen molar-refractivity contribution in [3.05, 3.63) is 111 Å². The Bertz CT molecular complexity index is 1370. The van der Waals surface area contributed by atoms with Crippen molar-refractivity contribution in [3.8, 4) is 0 Å². The lowest BCUT2D eigenvalue weighted by Crippen LogP contribution is -2.29. The van der Waals surface area contributed by atoms with Crippen LogP contribution in [-0.4, -0.2) is 44.2 Å². The lowest BCUT2D eigenvalue weighted by atomic mass is 9.95. The average Bonchev–Trinajstić information content (AvgIpc) is 3.14. The number of amides is 1. The van der Waals surface area contributed by atoms with Gasteiger partial charge in [-0.1, -0.05) is 24.3 Å². The van der Waals surface area contributed by atoms with Gasteiger partial charge in [0.1, 0.15) is 5.76 Å². The van der Waals surface area contributed by atoms with Crippen LogP contribution >= 0.6 is 0 Å². The third kappa shape index (κ3) is 4.69. The Kier molecular flexibility index (Phi) is 6.86. The highest BCUT2D eigenvalue weighted by atomic mass is 16.6. The number of ether oxygens (including phenoxy) is 1. The Morgan fingerprint density at radius 2 is 1.78 bits per heavy atom. The van der Waals surface area contributed by atoms with Crippen LogP contribution in [0, 0.1) is 10.1 Å². The lowest BCUT2D eigenvalue weighted by Gasteiger charge is -2.25. The molecule has 1 unspecified atom stereocenters. The number of hydrogen-bond acceptors (Lipinski definition) is 8. The molecule has 2 aromatic carbocycles. The van der Waals surface area contributed by atoms with Gasteiger partial charge >= 0.3 is 5.97 Å². The summed E-state index contributed by atoms with van der Waals surface area (Å²) < 4.78 is 4.98. The van der Waals surface area contributed by atoms with Crippen LogP contribution in [0.25, 0.3) is 5.76 Å². The molecule has 1 aliphatic heterocycles. The minimum atomic E-state index is -0.961. The minimum absolute atomic E-state index is 0.00634. The van der Waals surface area contributed by atoms with Gasteiger partial charge < -0.3 is 14.7 Å². The molecule has 1 fully saturated rings. The van der Waals surface area contributed by atoms with Crippen molar-refractivity contribution < 1.29 is 29.2 Å². The van der Waals surface area contributed by atoms with Crippen molar-refractivity contribution in [2.24, 2.45) is 0 Å². The second kappa shape index (κ2) is 10.2. The van der Waals surface area contributed by atoms with Crippen LogP contribution in [-0.2, 0) is 20.9 Å². The zero-order chi connectivity index (χ0) is 25.8. The smallest absolute Gasteiger partial charge is 0.338 e. The standard InChI is InChI=1S/C26H21N3O7/c1-2-36-26(33)18-8-6-16(7-9-18)15-28-22(17-10-12-27-13-11-17)21(24(31)25(28)32)23(30)19-4-3-5-20(14-19)29(34)35/h3-14,22,30H,2,15H2,1H3/b23-21-. The molecule has 0 radical (unpaired) electrons. The number of carbonyl (C=O) groups excluding carboxylic acids is 3. The summed E-state index contributed by atoms with van der Waals surface area (Å²) in [7, 11) is 0. The molecule has 1 aromatic heterocycles. The molecule has 36 heavy (non-hydrogen) atoms. The van der Waals surface area contributed by atoms with Gasteiger partial charge in [0.15, 0.2) is 0 Å². The summed E-state index contributed by atoms with van der Waals surface area (Å²) in [6.07, 6.45) is 2.99. The highest BCUT2D eigenvalue weighted by molar-refractivity contribution is 6.46. The molecule has 0 aliphatic carbocycles. The fourth-order valence-electron chi connectivity index (χ4n) is 4.02. The molecule has 1 saturated heterocycles. The molecule has 182 valence electrons. The summed E-state index contributed by atoms with van der Waals surface area (Å²) in [6, 6.07) is 13.9. The maximum atomic E-state index is 13.1. The number of pyridine rings is 1. The van der Waals surface area contributed by atoms with Gasteiger partial charge in [-0.05, 0) is 42.3 Å². The first-order valence-electron chi connectivity index (χ1n) is 11.0. The van der Waals surface area contributed by atoms with Crippen LogP contribution in [0.4, 0.5) is 5.69 Å². The van der Waals surface area contributed by atoms with Gasteiger partial charge in [-0.2, -0.15) is 0 Å². The molecular weight excluding hydrogens is 466 g/mol. The second-order valence-electron chi connectivity index (χ2n) is 7.93. The number of non-ortho nitro benzene ring substituents is 1. The summed E-state index contributed by atoms with van der Waals surface area (Å²) in [6.45, 7) is 1.95. The van der Waals surface area contributed by atoms with Gasteiger partial charge in [0.2, 0.25) is 0 Å². The first kappa shape index (κ1) is 24.3. The van der Waals surface area contributed by atoms with Gasteiger partial charge in [0, 0.05) is 36.6 Å². The van der Waals surface area contributed by atoms with E-state index in [2.05, 4.69) is 4.98 Å². The maximum Gasteiger partial charge on any atom is 0.338 e. The maximum absolute atomic E-state index is 13.1. The Morgan fingerprint density at radius 1 is 1.08 bits per heavy atom. The molecule has 1 N–H and O–H groups in total. The van der Waals surface area contributed by atoms with Gasteiger partial charge in [-0.15, -0.1) is 0 Å². The molecule has 3 aromatic rings. The van der Waals surface area contributed by atoms with E-state index in [1.807, 2.05) is 0 Å².